The van der Waals surface area contributed by atoms with Crippen molar-refractivity contribution < 1.29 is 4.79 Å². The van der Waals surface area contributed by atoms with Gasteiger partial charge in [-0.2, -0.15) is 0 Å². The van der Waals surface area contributed by atoms with Gasteiger partial charge in [0.1, 0.15) is 17.5 Å². The number of amides is 2. The Morgan fingerprint density at radius 2 is 2.17 bits per heavy atom. The van der Waals surface area contributed by atoms with Crippen molar-refractivity contribution in [2.24, 2.45) is 0 Å². The monoisotopic (exact) mass is 314 g/mol. The van der Waals surface area contributed by atoms with Crippen LogP contribution in [0.15, 0.2) is 18.2 Å². The van der Waals surface area contributed by atoms with Crippen LogP contribution in [0, 0.1) is 6.92 Å². The number of aryl methyl sites for hydroxylation is 2. The zero-order chi connectivity index (χ0) is 16.1. The van der Waals surface area contributed by atoms with Gasteiger partial charge < -0.3 is 9.88 Å². The van der Waals surface area contributed by atoms with Crippen molar-refractivity contribution >= 4 is 11.8 Å². The fraction of sp³-hybridized carbons (Fsp3) is 0.500. The van der Waals surface area contributed by atoms with Crippen molar-refractivity contribution in [1.29, 1.82) is 0 Å². The van der Waals surface area contributed by atoms with E-state index in [-0.39, 0.29) is 6.03 Å². The summed E-state index contributed by atoms with van der Waals surface area (Å²) in [7, 11) is 0. The van der Waals surface area contributed by atoms with E-state index in [0.717, 1.165) is 30.3 Å². The number of nitrogens with one attached hydrogen (secondary N) is 2. The van der Waals surface area contributed by atoms with Crippen LogP contribution >= 0.6 is 0 Å². The molecular weight excluding hydrogens is 292 g/mol. The van der Waals surface area contributed by atoms with Gasteiger partial charge in [-0.3, -0.25) is 5.32 Å². The number of anilines is 1. The standard InChI is InChI=1S/C16H22N6O/c1-12-6-5-7-13(18-12)19-16(23)17-10-9-15-21-20-14-8-3-2-4-11-22(14)15/h5-7H,2-4,8-11H2,1H3,(H2,17,18,19,23). The number of carbonyl (C=O) groups is 1. The second kappa shape index (κ2) is 7.21. The molecule has 7 heteroatoms. The summed E-state index contributed by atoms with van der Waals surface area (Å²) >= 11 is 0. The van der Waals surface area contributed by atoms with E-state index in [1.807, 2.05) is 19.1 Å². The first-order valence-electron chi connectivity index (χ1n) is 8.12. The second-order valence-electron chi connectivity index (χ2n) is 5.79. The molecule has 0 saturated heterocycles. The number of hydrogen-bond donors (Lipinski definition) is 2. The molecule has 0 aliphatic carbocycles. The molecule has 0 atom stereocenters. The van der Waals surface area contributed by atoms with Gasteiger partial charge in [-0.1, -0.05) is 12.5 Å². The highest BCUT2D eigenvalue weighted by Gasteiger charge is 2.14. The average Bonchev–Trinajstić information content (AvgIpc) is 2.76. The first-order valence-corrected chi connectivity index (χ1v) is 8.12. The number of nitrogens with zero attached hydrogens (tertiary/aromatic N) is 4. The third-order valence-electron chi connectivity index (χ3n) is 3.95. The number of carbonyl (C=O) groups excluding carboxylic acids is 1. The van der Waals surface area contributed by atoms with E-state index in [9.17, 15) is 4.79 Å². The van der Waals surface area contributed by atoms with Crippen molar-refractivity contribution in [2.45, 2.75) is 45.6 Å². The highest BCUT2D eigenvalue weighted by Crippen LogP contribution is 2.14. The summed E-state index contributed by atoms with van der Waals surface area (Å²) in [5.41, 5.74) is 0.869. The van der Waals surface area contributed by atoms with Crippen LogP contribution in [-0.4, -0.2) is 32.3 Å². The highest BCUT2D eigenvalue weighted by atomic mass is 16.2. The number of rotatable bonds is 4. The Bertz CT molecular complexity index is 681. The summed E-state index contributed by atoms with van der Waals surface area (Å²) in [5.74, 6) is 2.58. The molecule has 0 fully saturated rings. The van der Waals surface area contributed by atoms with E-state index in [0.29, 0.717) is 18.8 Å². The molecule has 0 radical (unpaired) electrons. The smallest absolute Gasteiger partial charge is 0.320 e. The first-order chi connectivity index (χ1) is 11.2. The lowest BCUT2D eigenvalue weighted by molar-refractivity contribution is 0.252. The van der Waals surface area contributed by atoms with Gasteiger partial charge in [0.15, 0.2) is 0 Å². The molecule has 1 aliphatic heterocycles. The Balaban J connectivity index is 1.50. The lowest BCUT2D eigenvalue weighted by Crippen LogP contribution is -2.31. The van der Waals surface area contributed by atoms with E-state index in [1.54, 1.807) is 6.07 Å². The maximum atomic E-state index is 11.9. The minimum atomic E-state index is -0.251. The van der Waals surface area contributed by atoms with Gasteiger partial charge in [-0.15, -0.1) is 10.2 Å². The van der Waals surface area contributed by atoms with Gasteiger partial charge in [0.05, 0.1) is 0 Å². The summed E-state index contributed by atoms with van der Waals surface area (Å²) < 4.78 is 2.20. The Morgan fingerprint density at radius 1 is 1.26 bits per heavy atom. The van der Waals surface area contributed by atoms with Crippen LogP contribution in [-0.2, 0) is 19.4 Å². The summed E-state index contributed by atoms with van der Waals surface area (Å²) in [6.07, 6.45) is 5.28. The predicted molar refractivity (Wildman–Crippen MR) is 87.3 cm³/mol. The molecule has 122 valence electrons. The molecule has 3 heterocycles. The maximum Gasteiger partial charge on any atom is 0.320 e. The summed E-state index contributed by atoms with van der Waals surface area (Å²) in [6.45, 7) is 3.40. The molecule has 0 spiro atoms. The van der Waals surface area contributed by atoms with E-state index in [4.69, 9.17) is 0 Å². The number of fused-ring (bicyclic) bond motifs is 1. The molecule has 0 unspecified atom stereocenters. The van der Waals surface area contributed by atoms with Crippen molar-refractivity contribution in [3.8, 4) is 0 Å². The molecule has 2 N–H and O–H groups in total. The molecule has 2 aromatic heterocycles. The Labute approximate surface area is 135 Å². The highest BCUT2D eigenvalue weighted by molar-refractivity contribution is 5.88. The number of aromatic nitrogens is 4. The number of pyridine rings is 1. The van der Waals surface area contributed by atoms with Crippen molar-refractivity contribution in [3.05, 3.63) is 35.5 Å². The lowest BCUT2D eigenvalue weighted by atomic mass is 10.2. The molecule has 1 aliphatic rings. The zero-order valence-corrected chi connectivity index (χ0v) is 13.4. The van der Waals surface area contributed by atoms with Crippen molar-refractivity contribution in [3.63, 3.8) is 0 Å². The van der Waals surface area contributed by atoms with Crippen LogP contribution in [0.1, 0.15) is 36.6 Å². The minimum absolute atomic E-state index is 0.251. The average molecular weight is 314 g/mol. The van der Waals surface area contributed by atoms with E-state index in [2.05, 4.69) is 30.4 Å². The largest absolute Gasteiger partial charge is 0.337 e. The summed E-state index contributed by atoms with van der Waals surface area (Å²) in [6, 6.07) is 5.27. The summed E-state index contributed by atoms with van der Waals surface area (Å²) in [5, 5.41) is 14.1. The molecule has 7 nitrogen and oxygen atoms in total. The normalized spacial score (nSPS) is 14.0. The topological polar surface area (TPSA) is 84.7 Å². The van der Waals surface area contributed by atoms with Gasteiger partial charge in [-0.25, -0.2) is 9.78 Å². The van der Waals surface area contributed by atoms with Crippen LogP contribution in [0.25, 0.3) is 0 Å². The SMILES string of the molecule is Cc1cccc(NC(=O)NCCc2nnc3n2CCCCC3)n1. The Morgan fingerprint density at radius 3 is 3.04 bits per heavy atom. The quantitative estimate of drug-likeness (QED) is 0.905. The fourth-order valence-electron chi connectivity index (χ4n) is 2.79. The van der Waals surface area contributed by atoms with Gasteiger partial charge in [0.2, 0.25) is 0 Å². The third kappa shape index (κ3) is 4.06. The summed E-state index contributed by atoms with van der Waals surface area (Å²) in [4.78, 5) is 16.1. The van der Waals surface area contributed by atoms with Crippen LogP contribution < -0.4 is 10.6 Å². The van der Waals surface area contributed by atoms with Crippen LogP contribution in [0.2, 0.25) is 0 Å². The van der Waals surface area contributed by atoms with Gasteiger partial charge >= 0.3 is 6.03 Å². The molecule has 3 rings (SSSR count). The van der Waals surface area contributed by atoms with Crippen molar-refractivity contribution in [2.75, 3.05) is 11.9 Å². The number of urea groups is 1. The fourth-order valence-corrected chi connectivity index (χ4v) is 2.79. The Kier molecular flexibility index (Phi) is 4.85. The Hall–Kier alpha value is -2.44. The maximum absolute atomic E-state index is 11.9. The zero-order valence-electron chi connectivity index (χ0n) is 13.4. The molecule has 0 bridgehead atoms. The second-order valence-corrected chi connectivity index (χ2v) is 5.79. The minimum Gasteiger partial charge on any atom is -0.337 e. The molecular formula is C16H22N6O. The molecule has 2 amide bonds. The van der Waals surface area contributed by atoms with E-state index in [1.165, 1.54) is 19.3 Å². The van der Waals surface area contributed by atoms with Crippen LogP contribution in [0.4, 0.5) is 10.6 Å². The van der Waals surface area contributed by atoms with Gasteiger partial charge in [-0.05, 0) is 31.9 Å². The molecule has 2 aromatic rings. The van der Waals surface area contributed by atoms with Crippen molar-refractivity contribution in [1.82, 2.24) is 25.1 Å². The van der Waals surface area contributed by atoms with Gasteiger partial charge in [0, 0.05) is 31.6 Å². The molecule has 23 heavy (non-hydrogen) atoms. The lowest BCUT2D eigenvalue weighted by Gasteiger charge is -2.09. The molecule has 0 aromatic carbocycles. The number of hydrogen-bond acceptors (Lipinski definition) is 4. The van der Waals surface area contributed by atoms with Gasteiger partial charge in [0.25, 0.3) is 0 Å². The van der Waals surface area contributed by atoms with Crippen LogP contribution in [0.3, 0.4) is 0 Å². The van der Waals surface area contributed by atoms with Crippen LogP contribution in [0.5, 0.6) is 0 Å². The molecule has 0 saturated carbocycles. The van der Waals surface area contributed by atoms with E-state index < -0.39 is 0 Å². The third-order valence-corrected chi connectivity index (χ3v) is 3.95. The van der Waals surface area contributed by atoms with E-state index >= 15 is 0 Å². The predicted octanol–water partition coefficient (Wildman–Crippen LogP) is 2.07. The first kappa shape index (κ1) is 15.5.